The molecule has 1 aromatic heterocycles. The van der Waals surface area contributed by atoms with Gasteiger partial charge >= 0.3 is 0 Å². The molecule has 4 nitrogen and oxygen atoms in total. The number of hydrogen-bond acceptors (Lipinski definition) is 4. The molecule has 1 aliphatic carbocycles. The summed E-state index contributed by atoms with van der Waals surface area (Å²) < 4.78 is 0. The highest BCUT2D eigenvalue weighted by Crippen LogP contribution is 2.34. The van der Waals surface area contributed by atoms with Crippen molar-refractivity contribution in [1.82, 2.24) is 9.97 Å². The van der Waals surface area contributed by atoms with Crippen LogP contribution in [-0.4, -0.2) is 22.6 Å². The second-order valence-corrected chi connectivity index (χ2v) is 6.41. The largest absolute Gasteiger partial charge is 0.370 e. The van der Waals surface area contributed by atoms with Gasteiger partial charge in [-0.2, -0.15) is 0 Å². The van der Waals surface area contributed by atoms with E-state index in [2.05, 4.69) is 50.2 Å². The van der Waals surface area contributed by atoms with Crippen molar-refractivity contribution in [2.75, 3.05) is 17.2 Å². The molecule has 3 atom stereocenters. The fourth-order valence-corrected chi connectivity index (χ4v) is 3.12. The number of anilines is 2. The predicted molar refractivity (Wildman–Crippen MR) is 89.9 cm³/mol. The average Bonchev–Trinajstić information content (AvgIpc) is 2.76. The lowest BCUT2D eigenvalue weighted by atomic mass is 9.98. The summed E-state index contributed by atoms with van der Waals surface area (Å²) in [5, 5.41) is 7.06. The van der Waals surface area contributed by atoms with Crippen LogP contribution in [0, 0.1) is 18.8 Å². The zero-order valence-electron chi connectivity index (χ0n) is 14.2. The number of nitrogens with zero attached hydrogens (tertiary/aromatic N) is 2. The van der Waals surface area contributed by atoms with Crippen LogP contribution in [-0.2, 0) is 6.42 Å². The Morgan fingerprint density at radius 3 is 2.38 bits per heavy atom. The molecule has 0 saturated heterocycles. The predicted octanol–water partition coefficient (Wildman–Crippen LogP) is 4.02. The monoisotopic (exact) mass is 290 g/mol. The van der Waals surface area contributed by atoms with Gasteiger partial charge in [0.25, 0.3) is 0 Å². The van der Waals surface area contributed by atoms with E-state index >= 15 is 0 Å². The fourth-order valence-electron chi connectivity index (χ4n) is 3.12. The van der Waals surface area contributed by atoms with Crippen LogP contribution in [0.15, 0.2) is 0 Å². The molecule has 21 heavy (non-hydrogen) atoms. The Morgan fingerprint density at radius 1 is 1.10 bits per heavy atom. The van der Waals surface area contributed by atoms with Crippen molar-refractivity contribution >= 4 is 11.6 Å². The van der Waals surface area contributed by atoms with Gasteiger partial charge < -0.3 is 10.6 Å². The molecule has 118 valence electrons. The second kappa shape index (κ2) is 7.10. The van der Waals surface area contributed by atoms with Gasteiger partial charge in [-0.1, -0.05) is 20.8 Å². The Morgan fingerprint density at radius 2 is 1.81 bits per heavy atom. The molecule has 2 rings (SSSR count). The van der Waals surface area contributed by atoms with Crippen LogP contribution >= 0.6 is 0 Å². The van der Waals surface area contributed by atoms with Crippen molar-refractivity contribution < 1.29 is 0 Å². The summed E-state index contributed by atoms with van der Waals surface area (Å²) in [6.45, 7) is 12.0. The maximum atomic E-state index is 4.77. The molecule has 0 aliphatic heterocycles. The Bertz CT molecular complexity index is 472. The molecule has 0 aromatic carbocycles. The van der Waals surface area contributed by atoms with E-state index in [-0.39, 0.29) is 0 Å². The maximum Gasteiger partial charge on any atom is 0.135 e. The molecule has 2 N–H and O–H groups in total. The highest BCUT2D eigenvalue weighted by Gasteiger charge is 2.30. The van der Waals surface area contributed by atoms with Crippen LogP contribution in [0.5, 0.6) is 0 Å². The van der Waals surface area contributed by atoms with E-state index in [4.69, 9.17) is 4.98 Å². The van der Waals surface area contributed by atoms with Gasteiger partial charge in [0.1, 0.15) is 17.5 Å². The number of rotatable bonds is 6. The van der Waals surface area contributed by atoms with Crippen molar-refractivity contribution in [3.8, 4) is 0 Å². The van der Waals surface area contributed by atoms with Gasteiger partial charge in [-0.15, -0.1) is 0 Å². The summed E-state index contributed by atoms with van der Waals surface area (Å²) >= 11 is 0. The van der Waals surface area contributed by atoms with Gasteiger partial charge in [0.15, 0.2) is 0 Å². The topological polar surface area (TPSA) is 49.8 Å². The number of aryl methyl sites for hydroxylation is 1. The first-order valence-corrected chi connectivity index (χ1v) is 8.44. The third-order valence-corrected chi connectivity index (χ3v) is 4.80. The molecular formula is C17H30N4. The first-order valence-electron chi connectivity index (χ1n) is 8.44. The van der Waals surface area contributed by atoms with E-state index in [1.807, 2.05) is 0 Å². The van der Waals surface area contributed by atoms with Crippen LogP contribution < -0.4 is 10.6 Å². The molecule has 4 heteroatoms. The average molecular weight is 290 g/mol. The van der Waals surface area contributed by atoms with Gasteiger partial charge in [-0.05, 0) is 44.9 Å². The first-order chi connectivity index (χ1) is 10.1. The normalized spacial score (nSPS) is 25.1. The molecule has 0 amide bonds. The number of aromatic nitrogens is 2. The molecule has 1 aromatic rings. The minimum absolute atomic E-state index is 0.539. The van der Waals surface area contributed by atoms with Crippen molar-refractivity contribution in [1.29, 1.82) is 0 Å². The lowest BCUT2D eigenvalue weighted by molar-refractivity contribution is 0.435. The highest BCUT2D eigenvalue weighted by molar-refractivity contribution is 5.57. The van der Waals surface area contributed by atoms with Gasteiger partial charge in [-0.3, -0.25) is 0 Å². The van der Waals surface area contributed by atoms with Crippen LogP contribution in [0.1, 0.15) is 58.3 Å². The Kier molecular flexibility index (Phi) is 5.43. The van der Waals surface area contributed by atoms with Crippen LogP contribution in [0.25, 0.3) is 0 Å². The Balaban J connectivity index is 2.24. The third kappa shape index (κ3) is 3.66. The van der Waals surface area contributed by atoms with Crippen LogP contribution in [0.3, 0.4) is 0 Å². The highest BCUT2D eigenvalue weighted by atomic mass is 15.1. The minimum atomic E-state index is 0.539. The standard InChI is InChI=1S/C17H30N4/c1-6-8-15-20-16(18-7-2)13(5)17(21-15)19-14-10-9-11(3)12(14)4/h11-12,14H,6-10H2,1-5H3,(H2,18,19,20,21). The SMILES string of the molecule is CCCc1nc(NCC)c(C)c(NC2CCC(C)C2C)n1. The van der Waals surface area contributed by atoms with E-state index < -0.39 is 0 Å². The number of hydrogen-bond donors (Lipinski definition) is 2. The van der Waals surface area contributed by atoms with Crippen molar-refractivity contribution in [2.24, 2.45) is 11.8 Å². The quantitative estimate of drug-likeness (QED) is 0.831. The summed E-state index contributed by atoms with van der Waals surface area (Å²) in [7, 11) is 0. The molecule has 0 spiro atoms. The van der Waals surface area contributed by atoms with Gasteiger partial charge in [0.05, 0.1) is 0 Å². The summed E-state index contributed by atoms with van der Waals surface area (Å²) in [6, 6.07) is 0.539. The summed E-state index contributed by atoms with van der Waals surface area (Å²) in [4.78, 5) is 9.42. The second-order valence-electron chi connectivity index (χ2n) is 6.41. The van der Waals surface area contributed by atoms with Gasteiger partial charge in [-0.25, -0.2) is 9.97 Å². The fraction of sp³-hybridized carbons (Fsp3) is 0.765. The van der Waals surface area contributed by atoms with Crippen molar-refractivity contribution in [2.45, 2.75) is 66.3 Å². The van der Waals surface area contributed by atoms with E-state index in [0.717, 1.165) is 48.3 Å². The molecule has 1 heterocycles. The molecule has 1 aliphatic rings. The Hall–Kier alpha value is -1.32. The molecular weight excluding hydrogens is 260 g/mol. The molecule has 1 saturated carbocycles. The minimum Gasteiger partial charge on any atom is -0.370 e. The van der Waals surface area contributed by atoms with E-state index in [1.165, 1.54) is 12.8 Å². The maximum absolute atomic E-state index is 4.77. The van der Waals surface area contributed by atoms with Crippen molar-refractivity contribution in [3.63, 3.8) is 0 Å². The van der Waals surface area contributed by atoms with Crippen LogP contribution in [0.4, 0.5) is 11.6 Å². The van der Waals surface area contributed by atoms with Crippen LogP contribution in [0.2, 0.25) is 0 Å². The van der Waals surface area contributed by atoms with Gasteiger partial charge in [0.2, 0.25) is 0 Å². The molecule has 3 unspecified atom stereocenters. The third-order valence-electron chi connectivity index (χ3n) is 4.80. The zero-order valence-corrected chi connectivity index (χ0v) is 14.2. The lowest BCUT2D eigenvalue weighted by Gasteiger charge is -2.22. The zero-order chi connectivity index (χ0) is 15.4. The van der Waals surface area contributed by atoms with Gasteiger partial charge in [0, 0.05) is 24.6 Å². The summed E-state index contributed by atoms with van der Waals surface area (Å²) in [6.07, 6.45) is 4.56. The molecule has 0 radical (unpaired) electrons. The smallest absolute Gasteiger partial charge is 0.135 e. The van der Waals surface area contributed by atoms with E-state index in [1.54, 1.807) is 0 Å². The Labute approximate surface area is 129 Å². The first kappa shape index (κ1) is 16.1. The lowest BCUT2D eigenvalue weighted by Crippen LogP contribution is -2.25. The van der Waals surface area contributed by atoms with E-state index in [9.17, 15) is 0 Å². The molecule has 1 fully saturated rings. The van der Waals surface area contributed by atoms with Crippen molar-refractivity contribution in [3.05, 3.63) is 11.4 Å². The molecule has 0 bridgehead atoms. The van der Waals surface area contributed by atoms with E-state index in [0.29, 0.717) is 12.0 Å². The summed E-state index contributed by atoms with van der Waals surface area (Å²) in [5.74, 6) is 4.46. The number of nitrogens with one attached hydrogen (secondary N) is 2. The summed E-state index contributed by atoms with van der Waals surface area (Å²) in [5.41, 5.74) is 1.14.